The highest BCUT2D eigenvalue weighted by Gasteiger charge is 2.46. The van der Waals surface area contributed by atoms with Crippen molar-refractivity contribution in [1.29, 1.82) is 0 Å². The van der Waals surface area contributed by atoms with Gasteiger partial charge in [-0.1, -0.05) is 13.2 Å². The monoisotopic (exact) mass is 226 g/mol. The number of aliphatic hydroxyl groups excluding tert-OH is 1. The van der Waals surface area contributed by atoms with E-state index in [2.05, 4.69) is 13.2 Å². The second-order valence-corrected chi connectivity index (χ2v) is 3.60. The average molecular weight is 226 g/mol. The van der Waals surface area contributed by atoms with Crippen molar-refractivity contribution < 1.29 is 24.6 Å². The van der Waals surface area contributed by atoms with Crippen LogP contribution in [0.3, 0.4) is 0 Å². The van der Waals surface area contributed by atoms with Crippen LogP contribution in [0.2, 0.25) is 0 Å². The van der Waals surface area contributed by atoms with E-state index in [1.807, 2.05) is 0 Å². The SMILES string of the molecule is C=C(C)C(=O)C(O)C(O)(C=O)C(=O)C(=C)C. The lowest BCUT2D eigenvalue weighted by atomic mass is 9.86. The zero-order valence-corrected chi connectivity index (χ0v) is 9.19. The molecule has 5 heteroatoms. The molecule has 0 fully saturated rings. The van der Waals surface area contributed by atoms with Gasteiger partial charge in [-0.25, -0.2) is 0 Å². The Labute approximate surface area is 93.1 Å². The number of carbonyl (C=O) groups is 3. The molecule has 16 heavy (non-hydrogen) atoms. The highest BCUT2D eigenvalue weighted by atomic mass is 16.4. The van der Waals surface area contributed by atoms with Gasteiger partial charge in [-0.15, -0.1) is 0 Å². The molecule has 0 amide bonds. The fourth-order valence-electron chi connectivity index (χ4n) is 1.02. The van der Waals surface area contributed by atoms with E-state index in [1.54, 1.807) is 0 Å². The Morgan fingerprint density at radius 2 is 1.69 bits per heavy atom. The molecule has 0 spiro atoms. The summed E-state index contributed by atoms with van der Waals surface area (Å²) in [7, 11) is 0. The summed E-state index contributed by atoms with van der Waals surface area (Å²) in [5, 5.41) is 19.1. The number of rotatable bonds is 6. The first kappa shape index (κ1) is 14.4. The van der Waals surface area contributed by atoms with Gasteiger partial charge in [-0.2, -0.15) is 0 Å². The van der Waals surface area contributed by atoms with Gasteiger partial charge in [-0.05, 0) is 25.0 Å². The second-order valence-electron chi connectivity index (χ2n) is 3.60. The zero-order chi connectivity index (χ0) is 13.1. The van der Waals surface area contributed by atoms with Gasteiger partial charge >= 0.3 is 0 Å². The van der Waals surface area contributed by atoms with E-state index in [-0.39, 0.29) is 17.4 Å². The molecule has 0 heterocycles. The first-order valence-corrected chi connectivity index (χ1v) is 4.45. The van der Waals surface area contributed by atoms with Gasteiger partial charge in [0.25, 0.3) is 0 Å². The zero-order valence-electron chi connectivity index (χ0n) is 9.19. The first-order valence-electron chi connectivity index (χ1n) is 4.45. The van der Waals surface area contributed by atoms with Crippen molar-refractivity contribution in [2.24, 2.45) is 0 Å². The van der Waals surface area contributed by atoms with E-state index in [9.17, 15) is 24.6 Å². The second kappa shape index (κ2) is 4.96. The Hall–Kier alpha value is -1.59. The molecular weight excluding hydrogens is 212 g/mol. The van der Waals surface area contributed by atoms with Crippen molar-refractivity contribution in [3.8, 4) is 0 Å². The third-order valence-corrected chi connectivity index (χ3v) is 2.02. The number of carbonyl (C=O) groups excluding carboxylic acids is 3. The summed E-state index contributed by atoms with van der Waals surface area (Å²) in [5.41, 5.74) is -2.99. The average Bonchev–Trinajstić information content (AvgIpc) is 2.24. The van der Waals surface area contributed by atoms with Crippen molar-refractivity contribution in [3.05, 3.63) is 24.3 Å². The fraction of sp³-hybridized carbons (Fsp3) is 0.364. The molecule has 0 saturated heterocycles. The third-order valence-electron chi connectivity index (χ3n) is 2.02. The molecular formula is C11H14O5. The van der Waals surface area contributed by atoms with Crippen LogP contribution < -0.4 is 0 Å². The highest BCUT2D eigenvalue weighted by molar-refractivity contribution is 6.16. The van der Waals surface area contributed by atoms with E-state index in [1.165, 1.54) is 13.8 Å². The van der Waals surface area contributed by atoms with Gasteiger partial charge in [0, 0.05) is 0 Å². The predicted molar refractivity (Wildman–Crippen MR) is 56.7 cm³/mol. The Balaban J connectivity index is 5.34. The molecule has 0 aromatic rings. The van der Waals surface area contributed by atoms with Crippen LogP contribution >= 0.6 is 0 Å². The summed E-state index contributed by atoms with van der Waals surface area (Å²) in [6, 6.07) is 0. The van der Waals surface area contributed by atoms with Crippen LogP contribution in [-0.2, 0) is 14.4 Å². The van der Waals surface area contributed by atoms with Crippen LogP contribution in [0.15, 0.2) is 24.3 Å². The Morgan fingerprint density at radius 1 is 1.25 bits per heavy atom. The lowest BCUT2D eigenvalue weighted by Gasteiger charge is -2.25. The summed E-state index contributed by atoms with van der Waals surface area (Å²) in [4.78, 5) is 33.5. The molecule has 2 N–H and O–H groups in total. The highest BCUT2D eigenvalue weighted by Crippen LogP contribution is 2.17. The molecule has 5 nitrogen and oxygen atoms in total. The minimum Gasteiger partial charge on any atom is -0.381 e. The van der Waals surface area contributed by atoms with E-state index < -0.39 is 23.3 Å². The van der Waals surface area contributed by atoms with E-state index in [4.69, 9.17) is 0 Å². The molecule has 2 atom stereocenters. The van der Waals surface area contributed by atoms with Crippen molar-refractivity contribution in [2.75, 3.05) is 0 Å². The molecule has 0 radical (unpaired) electrons. The Bertz CT molecular complexity index is 369. The van der Waals surface area contributed by atoms with Gasteiger partial charge in [0.2, 0.25) is 5.60 Å². The maximum absolute atomic E-state index is 11.4. The summed E-state index contributed by atoms with van der Waals surface area (Å²) < 4.78 is 0. The lowest BCUT2D eigenvalue weighted by Crippen LogP contribution is -2.55. The Kier molecular flexibility index (Phi) is 4.47. The van der Waals surface area contributed by atoms with Crippen LogP contribution in [-0.4, -0.2) is 39.8 Å². The van der Waals surface area contributed by atoms with Crippen LogP contribution in [0.25, 0.3) is 0 Å². The van der Waals surface area contributed by atoms with E-state index in [0.717, 1.165) is 0 Å². The molecule has 0 aromatic heterocycles. The van der Waals surface area contributed by atoms with Crippen molar-refractivity contribution in [3.63, 3.8) is 0 Å². The number of aliphatic hydroxyl groups is 2. The van der Waals surface area contributed by atoms with Gasteiger partial charge in [-0.3, -0.25) is 14.4 Å². The van der Waals surface area contributed by atoms with E-state index in [0.29, 0.717) is 0 Å². The van der Waals surface area contributed by atoms with Crippen molar-refractivity contribution in [2.45, 2.75) is 25.6 Å². The largest absolute Gasteiger partial charge is 0.381 e. The van der Waals surface area contributed by atoms with Gasteiger partial charge in [0.15, 0.2) is 24.0 Å². The standard InChI is InChI=1S/C11H14O5/c1-6(2)8(13)10(15)11(16,5-12)9(14)7(3)4/h5,10,15-16H,1,3H2,2,4H3. The van der Waals surface area contributed by atoms with Crippen LogP contribution in [0.4, 0.5) is 0 Å². The fourth-order valence-corrected chi connectivity index (χ4v) is 1.02. The minimum absolute atomic E-state index is 0.0673. The molecule has 0 aliphatic rings. The summed E-state index contributed by atoms with van der Waals surface area (Å²) in [5.74, 6) is -2.06. The third kappa shape index (κ3) is 2.50. The quantitative estimate of drug-likeness (QED) is 0.364. The first-order chi connectivity index (χ1) is 7.18. The number of Topliss-reactive ketones (excluding diaryl/α,β-unsaturated/α-hetero) is 2. The van der Waals surface area contributed by atoms with Crippen LogP contribution in [0.1, 0.15) is 13.8 Å². The maximum Gasteiger partial charge on any atom is 0.216 e. The Morgan fingerprint density at radius 3 is 1.94 bits per heavy atom. The summed E-state index contributed by atoms with van der Waals surface area (Å²) >= 11 is 0. The van der Waals surface area contributed by atoms with Gasteiger partial charge < -0.3 is 10.2 Å². The number of aldehydes is 1. The van der Waals surface area contributed by atoms with Crippen LogP contribution in [0, 0.1) is 0 Å². The van der Waals surface area contributed by atoms with Gasteiger partial charge in [0.05, 0.1) is 0 Å². The smallest absolute Gasteiger partial charge is 0.216 e. The molecule has 0 rings (SSSR count). The minimum atomic E-state index is -2.79. The topological polar surface area (TPSA) is 91.7 Å². The normalized spacial score (nSPS) is 15.8. The molecule has 88 valence electrons. The molecule has 2 unspecified atom stereocenters. The summed E-state index contributed by atoms with van der Waals surface area (Å²) in [6.07, 6.45) is -2.33. The molecule has 0 saturated carbocycles. The summed E-state index contributed by atoms with van der Waals surface area (Å²) in [6.45, 7) is 9.05. The van der Waals surface area contributed by atoms with Gasteiger partial charge in [0.1, 0.15) is 0 Å². The predicted octanol–water partition coefficient (Wildman–Crippen LogP) is -0.432. The molecule has 0 aliphatic heterocycles. The van der Waals surface area contributed by atoms with Crippen LogP contribution in [0.5, 0.6) is 0 Å². The number of hydrogen-bond donors (Lipinski definition) is 2. The molecule has 0 aromatic carbocycles. The van der Waals surface area contributed by atoms with E-state index >= 15 is 0 Å². The lowest BCUT2D eigenvalue weighted by molar-refractivity contribution is -0.158. The molecule has 0 aliphatic carbocycles. The number of hydrogen-bond acceptors (Lipinski definition) is 5. The van der Waals surface area contributed by atoms with Crippen molar-refractivity contribution >= 4 is 17.9 Å². The van der Waals surface area contributed by atoms with Crippen molar-refractivity contribution in [1.82, 2.24) is 0 Å². The molecule has 0 bridgehead atoms. The number of ketones is 2. The maximum atomic E-state index is 11.4.